The summed E-state index contributed by atoms with van der Waals surface area (Å²) in [5.41, 5.74) is 4.21. The molecule has 2 rings (SSSR count). The van der Waals surface area contributed by atoms with Gasteiger partial charge in [-0.25, -0.2) is 0 Å². The van der Waals surface area contributed by atoms with Gasteiger partial charge in [-0.05, 0) is 68.3 Å². The second kappa shape index (κ2) is 6.52. The standard InChI is InChI=1S/C20H32O/c1-14(2)17-11-12-20(5)13-19(21)16(4)8-6-7-15(3)9-10-18(17)20/h7,10,14,17,19,21H,4,6,8-9,11-13H2,1-3,5H3/b15-7+,18-10-/t17-,19-,20-/m0/s1. The van der Waals surface area contributed by atoms with Crippen molar-refractivity contribution in [3.05, 3.63) is 35.5 Å². The van der Waals surface area contributed by atoms with Crippen LogP contribution in [0.25, 0.3) is 0 Å². The monoisotopic (exact) mass is 288 g/mol. The van der Waals surface area contributed by atoms with E-state index in [0.29, 0.717) is 11.8 Å². The molecule has 2 aliphatic rings. The van der Waals surface area contributed by atoms with Gasteiger partial charge in [-0.2, -0.15) is 0 Å². The Bertz CT molecular complexity index is 454. The average molecular weight is 288 g/mol. The number of aliphatic hydroxyl groups is 1. The van der Waals surface area contributed by atoms with Crippen molar-refractivity contribution in [2.45, 2.75) is 72.3 Å². The van der Waals surface area contributed by atoms with E-state index in [4.69, 9.17) is 0 Å². The third kappa shape index (κ3) is 3.69. The van der Waals surface area contributed by atoms with Crippen LogP contribution in [0.3, 0.4) is 0 Å². The van der Waals surface area contributed by atoms with Crippen LogP contribution in [-0.2, 0) is 0 Å². The molecule has 1 nitrogen and oxygen atoms in total. The summed E-state index contributed by atoms with van der Waals surface area (Å²) < 4.78 is 0. The smallest absolute Gasteiger partial charge is 0.0755 e. The Morgan fingerprint density at radius 3 is 2.71 bits per heavy atom. The summed E-state index contributed by atoms with van der Waals surface area (Å²) in [7, 11) is 0. The molecular formula is C20H32O. The van der Waals surface area contributed by atoms with Gasteiger partial charge in [-0.15, -0.1) is 0 Å². The number of rotatable bonds is 1. The molecule has 0 aromatic carbocycles. The van der Waals surface area contributed by atoms with Crippen LogP contribution >= 0.6 is 0 Å². The highest BCUT2D eigenvalue weighted by Crippen LogP contribution is 2.52. The van der Waals surface area contributed by atoms with Crippen molar-refractivity contribution in [3.63, 3.8) is 0 Å². The first kappa shape index (κ1) is 16.5. The predicted molar refractivity (Wildman–Crippen MR) is 91.1 cm³/mol. The third-order valence-corrected chi connectivity index (χ3v) is 5.63. The van der Waals surface area contributed by atoms with Crippen molar-refractivity contribution in [3.8, 4) is 0 Å². The van der Waals surface area contributed by atoms with Gasteiger partial charge in [0.25, 0.3) is 0 Å². The lowest BCUT2D eigenvalue weighted by atomic mass is 9.74. The largest absolute Gasteiger partial charge is 0.389 e. The molecular weight excluding hydrogens is 256 g/mol. The molecule has 0 heterocycles. The molecule has 0 radical (unpaired) electrons. The lowest BCUT2D eigenvalue weighted by Gasteiger charge is -2.32. The molecule has 2 aliphatic carbocycles. The first-order chi connectivity index (χ1) is 9.83. The minimum Gasteiger partial charge on any atom is -0.389 e. The van der Waals surface area contributed by atoms with E-state index >= 15 is 0 Å². The molecule has 0 aliphatic heterocycles. The molecule has 118 valence electrons. The molecule has 0 amide bonds. The van der Waals surface area contributed by atoms with Gasteiger partial charge in [0, 0.05) is 0 Å². The topological polar surface area (TPSA) is 20.2 Å². The van der Waals surface area contributed by atoms with Crippen LogP contribution in [0, 0.1) is 17.3 Å². The van der Waals surface area contributed by atoms with E-state index in [2.05, 4.69) is 46.4 Å². The summed E-state index contributed by atoms with van der Waals surface area (Å²) in [6, 6.07) is 0. The highest BCUT2D eigenvalue weighted by Gasteiger charge is 2.42. The number of hydrogen-bond donors (Lipinski definition) is 1. The zero-order valence-electron chi connectivity index (χ0n) is 14.3. The van der Waals surface area contributed by atoms with E-state index in [9.17, 15) is 5.11 Å². The zero-order valence-corrected chi connectivity index (χ0v) is 14.3. The molecule has 1 heteroatoms. The zero-order chi connectivity index (χ0) is 15.6. The van der Waals surface area contributed by atoms with Gasteiger partial charge in [-0.3, -0.25) is 0 Å². The summed E-state index contributed by atoms with van der Waals surface area (Å²) in [4.78, 5) is 0. The van der Waals surface area contributed by atoms with Gasteiger partial charge in [-0.1, -0.05) is 50.6 Å². The summed E-state index contributed by atoms with van der Waals surface area (Å²) >= 11 is 0. The average Bonchev–Trinajstić information content (AvgIpc) is 2.71. The molecule has 0 aromatic heterocycles. The fourth-order valence-corrected chi connectivity index (χ4v) is 4.13. The van der Waals surface area contributed by atoms with Crippen molar-refractivity contribution in [2.75, 3.05) is 0 Å². The molecule has 1 saturated carbocycles. The van der Waals surface area contributed by atoms with Gasteiger partial charge in [0.15, 0.2) is 0 Å². The van der Waals surface area contributed by atoms with Crippen LogP contribution in [0.4, 0.5) is 0 Å². The Kier molecular flexibility index (Phi) is 5.14. The Hall–Kier alpha value is -0.820. The van der Waals surface area contributed by atoms with Gasteiger partial charge in [0.1, 0.15) is 0 Å². The van der Waals surface area contributed by atoms with Crippen LogP contribution < -0.4 is 0 Å². The van der Waals surface area contributed by atoms with Crippen LogP contribution in [0.2, 0.25) is 0 Å². The Labute approximate surface area is 130 Å². The Balaban J connectivity index is 2.35. The number of hydrogen-bond acceptors (Lipinski definition) is 1. The van der Waals surface area contributed by atoms with E-state index in [1.165, 1.54) is 18.4 Å². The molecule has 1 N–H and O–H groups in total. The fraction of sp³-hybridized carbons (Fsp3) is 0.700. The van der Waals surface area contributed by atoms with E-state index in [1.807, 2.05) is 0 Å². The second-order valence-electron chi connectivity index (χ2n) is 7.78. The SMILES string of the molecule is C=C1CC/C=C(\C)C/C=C2/[C@H](C(C)C)CC[C@@]2(C)C[C@@H]1O. The van der Waals surface area contributed by atoms with Crippen LogP contribution in [0.15, 0.2) is 35.5 Å². The Morgan fingerprint density at radius 2 is 2.05 bits per heavy atom. The van der Waals surface area contributed by atoms with Crippen molar-refractivity contribution in [2.24, 2.45) is 17.3 Å². The second-order valence-corrected chi connectivity index (χ2v) is 7.78. The van der Waals surface area contributed by atoms with Crippen LogP contribution in [-0.4, -0.2) is 11.2 Å². The van der Waals surface area contributed by atoms with Gasteiger partial charge in [0.2, 0.25) is 0 Å². The molecule has 1 fully saturated rings. The lowest BCUT2D eigenvalue weighted by Crippen LogP contribution is -2.25. The van der Waals surface area contributed by atoms with Crippen molar-refractivity contribution in [1.82, 2.24) is 0 Å². The van der Waals surface area contributed by atoms with Crippen molar-refractivity contribution < 1.29 is 5.11 Å². The van der Waals surface area contributed by atoms with E-state index in [1.54, 1.807) is 5.57 Å². The van der Waals surface area contributed by atoms with Crippen molar-refractivity contribution in [1.29, 1.82) is 0 Å². The number of fused-ring (bicyclic) bond motifs is 1. The molecule has 0 spiro atoms. The van der Waals surface area contributed by atoms with Gasteiger partial charge < -0.3 is 5.11 Å². The summed E-state index contributed by atoms with van der Waals surface area (Å²) in [6.45, 7) is 13.4. The third-order valence-electron chi connectivity index (χ3n) is 5.63. The van der Waals surface area contributed by atoms with Crippen molar-refractivity contribution >= 4 is 0 Å². The van der Waals surface area contributed by atoms with E-state index in [-0.39, 0.29) is 11.5 Å². The fourth-order valence-electron chi connectivity index (χ4n) is 4.13. The van der Waals surface area contributed by atoms with Gasteiger partial charge in [0.05, 0.1) is 6.10 Å². The predicted octanol–water partition coefficient (Wildman–Crippen LogP) is 5.42. The lowest BCUT2D eigenvalue weighted by molar-refractivity contribution is 0.149. The molecule has 0 aromatic rings. The maximum absolute atomic E-state index is 10.5. The summed E-state index contributed by atoms with van der Waals surface area (Å²) in [5.74, 6) is 1.37. The minimum absolute atomic E-state index is 0.155. The first-order valence-electron chi connectivity index (χ1n) is 8.55. The maximum Gasteiger partial charge on any atom is 0.0755 e. The Morgan fingerprint density at radius 1 is 1.33 bits per heavy atom. The number of aliphatic hydroxyl groups excluding tert-OH is 1. The quantitative estimate of drug-likeness (QED) is 0.638. The van der Waals surface area contributed by atoms with E-state index < -0.39 is 0 Å². The summed E-state index contributed by atoms with van der Waals surface area (Å²) in [6.07, 6.45) is 10.7. The minimum atomic E-state index is -0.351. The molecule has 0 unspecified atom stereocenters. The number of allylic oxidation sites excluding steroid dienone is 4. The molecule has 0 saturated heterocycles. The highest BCUT2D eigenvalue weighted by atomic mass is 16.3. The van der Waals surface area contributed by atoms with E-state index in [0.717, 1.165) is 31.3 Å². The summed E-state index contributed by atoms with van der Waals surface area (Å²) in [5, 5.41) is 10.5. The maximum atomic E-state index is 10.5. The first-order valence-corrected chi connectivity index (χ1v) is 8.55. The van der Waals surface area contributed by atoms with Gasteiger partial charge >= 0.3 is 0 Å². The van der Waals surface area contributed by atoms with Crippen LogP contribution in [0.5, 0.6) is 0 Å². The normalized spacial score (nSPS) is 40.0. The molecule has 21 heavy (non-hydrogen) atoms. The molecule has 3 atom stereocenters. The molecule has 0 bridgehead atoms. The highest BCUT2D eigenvalue weighted by molar-refractivity contribution is 5.26. The van der Waals surface area contributed by atoms with Crippen LogP contribution in [0.1, 0.15) is 66.2 Å².